The minimum Gasteiger partial charge on any atom is -0.462 e. The molecular formula is C8H15O3. The van der Waals surface area contributed by atoms with Crippen LogP contribution in [0, 0.1) is 5.92 Å². The Labute approximate surface area is 67.4 Å². The van der Waals surface area contributed by atoms with Crippen LogP contribution in [0.3, 0.4) is 0 Å². The zero-order chi connectivity index (χ0) is 8.15. The highest BCUT2D eigenvalue weighted by Crippen LogP contribution is 1.97. The number of hydrogen-bond donors (Lipinski definition) is 1. The van der Waals surface area contributed by atoms with Crippen molar-refractivity contribution in [3.05, 3.63) is 12.2 Å². The van der Waals surface area contributed by atoms with Crippen LogP contribution in [0.2, 0.25) is 0 Å². The Hall–Kier alpha value is -0.830. The predicted octanol–water partition coefficient (Wildman–Crippen LogP) is 1.58. The molecule has 1 N–H and O–H groups in total. The van der Waals surface area contributed by atoms with E-state index in [9.17, 15) is 4.79 Å². The molecule has 11 heavy (non-hydrogen) atoms. The van der Waals surface area contributed by atoms with Gasteiger partial charge in [0.25, 0.3) is 0 Å². The summed E-state index contributed by atoms with van der Waals surface area (Å²) < 4.78 is 4.83. The molecule has 0 atom stereocenters. The fraction of sp³-hybridized carbons (Fsp3) is 0.625. The molecule has 3 nitrogen and oxygen atoms in total. The monoisotopic (exact) mass is 159 g/mol. The molecule has 1 radical (unpaired) electrons. The van der Waals surface area contributed by atoms with Crippen LogP contribution in [0.5, 0.6) is 0 Å². The Morgan fingerprint density at radius 1 is 1.55 bits per heavy atom. The third-order valence-electron chi connectivity index (χ3n) is 0.896. The van der Waals surface area contributed by atoms with Gasteiger partial charge in [0.2, 0.25) is 0 Å². The first-order valence-corrected chi connectivity index (χ1v) is 3.36. The summed E-state index contributed by atoms with van der Waals surface area (Å²) >= 11 is 0. The highest BCUT2D eigenvalue weighted by molar-refractivity contribution is 5.86. The largest absolute Gasteiger partial charge is 0.462 e. The second-order valence-corrected chi connectivity index (χ2v) is 2.77. The van der Waals surface area contributed by atoms with E-state index in [4.69, 9.17) is 4.74 Å². The maximum atomic E-state index is 10.7. The number of rotatable bonds is 3. The minimum atomic E-state index is -0.297. The first-order valence-electron chi connectivity index (χ1n) is 3.36. The van der Waals surface area contributed by atoms with Crippen LogP contribution < -0.4 is 0 Å². The van der Waals surface area contributed by atoms with Crippen LogP contribution in [0.4, 0.5) is 0 Å². The second kappa shape index (κ2) is 5.92. The Morgan fingerprint density at radius 3 is 2.27 bits per heavy atom. The molecule has 0 fully saturated rings. The van der Waals surface area contributed by atoms with Gasteiger partial charge in [-0.25, -0.2) is 4.79 Å². The number of carbonyl (C=O) groups is 1. The molecule has 0 aromatic rings. The molecule has 0 aliphatic carbocycles. The van der Waals surface area contributed by atoms with Crippen molar-refractivity contribution < 1.29 is 15.0 Å². The zero-order valence-corrected chi connectivity index (χ0v) is 7.26. The van der Waals surface area contributed by atoms with E-state index in [1.54, 1.807) is 6.92 Å². The van der Waals surface area contributed by atoms with Gasteiger partial charge in [-0.15, -0.1) is 0 Å². The van der Waals surface area contributed by atoms with Crippen molar-refractivity contribution in [1.82, 2.24) is 0 Å². The quantitative estimate of drug-likeness (QED) is 0.502. The Balaban J connectivity index is 0. The van der Waals surface area contributed by atoms with Gasteiger partial charge in [0.1, 0.15) is 0 Å². The van der Waals surface area contributed by atoms with Crippen molar-refractivity contribution in [2.45, 2.75) is 20.8 Å². The van der Waals surface area contributed by atoms with Crippen LogP contribution in [-0.4, -0.2) is 18.1 Å². The molecule has 3 heteroatoms. The number of carbonyl (C=O) groups excluding carboxylic acids is 1. The van der Waals surface area contributed by atoms with Crippen LogP contribution in [0.1, 0.15) is 20.8 Å². The smallest absolute Gasteiger partial charge is 0.333 e. The van der Waals surface area contributed by atoms with Gasteiger partial charge in [-0.2, -0.15) is 0 Å². The molecule has 0 aromatic heterocycles. The summed E-state index contributed by atoms with van der Waals surface area (Å²) in [5.74, 6) is 0.0944. The van der Waals surface area contributed by atoms with Crippen molar-refractivity contribution in [3.63, 3.8) is 0 Å². The molecule has 0 aliphatic rings. The van der Waals surface area contributed by atoms with Crippen molar-refractivity contribution in [2.24, 2.45) is 5.92 Å². The molecule has 0 aromatic carbocycles. The predicted molar refractivity (Wildman–Crippen MR) is 42.5 cm³/mol. The number of esters is 1. The molecule has 0 aliphatic heterocycles. The number of ether oxygens (including phenoxy) is 1. The molecule has 0 amide bonds. The van der Waals surface area contributed by atoms with Crippen LogP contribution in [0.15, 0.2) is 12.2 Å². The van der Waals surface area contributed by atoms with Gasteiger partial charge in [0.05, 0.1) is 6.61 Å². The molecule has 0 rings (SSSR count). The van der Waals surface area contributed by atoms with E-state index in [0.29, 0.717) is 18.1 Å². The van der Waals surface area contributed by atoms with Crippen molar-refractivity contribution >= 4 is 5.97 Å². The van der Waals surface area contributed by atoms with Gasteiger partial charge in [-0.1, -0.05) is 20.4 Å². The zero-order valence-electron chi connectivity index (χ0n) is 7.26. The lowest BCUT2D eigenvalue weighted by Gasteiger charge is -2.05. The lowest BCUT2D eigenvalue weighted by atomic mass is 10.2. The average Bonchev–Trinajstić information content (AvgIpc) is 1.82. The molecule has 0 unspecified atom stereocenters. The fourth-order valence-electron chi connectivity index (χ4n) is 0.366. The van der Waals surface area contributed by atoms with Gasteiger partial charge >= 0.3 is 5.97 Å². The summed E-state index contributed by atoms with van der Waals surface area (Å²) in [4.78, 5) is 10.7. The molecule has 65 valence electrons. The van der Waals surface area contributed by atoms with Crippen LogP contribution >= 0.6 is 0 Å². The molecular weight excluding hydrogens is 144 g/mol. The van der Waals surface area contributed by atoms with Gasteiger partial charge in [-0.05, 0) is 12.8 Å². The average molecular weight is 159 g/mol. The topological polar surface area (TPSA) is 56.3 Å². The molecule has 0 saturated carbocycles. The maximum Gasteiger partial charge on any atom is 0.333 e. The summed E-state index contributed by atoms with van der Waals surface area (Å²) in [6.45, 7) is 9.56. The summed E-state index contributed by atoms with van der Waals surface area (Å²) in [5.41, 5.74) is 0.459. The van der Waals surface area contributed by atoms with Crippen molar-refractivity contribution in [2.75, 3.05) is 6.61 Å². The Morgan fingerprint density at radius 2 is 2.00 bits per heavy atom. The standard InChI is InChI=1S/C8H14O2.HO/c1-6(2)5-10-8(9)7(3)4;/h6H,3,5H2,1-2,4H3;1H. The van der Waals surface area contributed by atoms with Gasteiger partial charge in [0.15, 0.2) is 0 Å². The van der Waals surface area contributed by atoms with E-state index in [0.717, 1.165) is 0 Å². The SMILES string of the molecule is C=C(C)C(=O)OCC(C)C.[OH]. The molecule has 0 saturated heterocycles. The van der Waals surface area contributed by atoms with E-state index in [2.05, 4.69) is 6.58 Å². The lowest BCUT2D eigenvalue weighted by molar-refractivity contribution is -0.139. The first kappa shape index (κ1) is 12.8. The lowest BCUT2D eigenvalue weighted by Crippen LogP contribution is -2.09. The highest BCUT2D eigenvalue weighted by atomic mass is 16.5. The summed E-state index contributed by atoms with van der Waals surface area (Å²) in [5, 5.41) is 0. The fourth-order valence-corrected chi connectivity index (χ4v) is 0.366. The van der Waals surface area contributed by atoms with Gasteiger partial charge < -0.3 is 4.74 Å². The van der Waals surface area contributed by atoms with Crippen LogP contribution in [0.25, 0.3) is 0 Å². The van der Waals surface area contributed by atoms with E-state index in [1.165, 1.54) is 0 Å². The highest BCUT2D eigenvalue weighted by Gasteiger charge is 2.03. The maximum absolute atomic E-state index is 10.7. The Bertz CT molecular complexity index is 138. The van der Waals surface area contributed by atoms with E-state index >= 15 is 0 Å². The van der Waals surface area contributed by atoms with Gasteiger partial charge in [-0.3, -0.25) is 5.48 Å². The van der Waals surface area contributed by atoms with Crippen molar-refractivity contribution in [1.29, 1.82) is 0 Å². The summed E-state index contributed by atoms with van der Waals surface area (Å²) in [6.07, 6.45) is 0. The molecule has 0 heterocycles. The van der Waals surface area contributed by atoms with Gasteiger partial charge in [0, 0.05) is 5.57 Å². The first-order chi connectivity index (χ1) is 4.54. The third-order valence-corrected chi connectivity index (χ3v) is 0.896. The third kappa shape index (κ3) is 7.06. The summed E-state index contributed by atoms with van der Waals surface area (Å²) in [6, 6.07) is 0. The number of hydrogen-bond acceptors (Lipinski definition) is 2. The van der Waals surface area contributed by atoms with Crippen molar-refractivity contribution in [3.8, 4) is 0 Å². The second-order valence-electron chi connectivity index (χ2n) is 2.77. The van der Waals surface area contributed by atoms with Crippen LogP contribution in [-0.2, 0) is 9.53 Å². The molecule has 0 spiro atoms. The normalized spacial score (nSPS) is 8.73. The van der Waals surface area contributed by atoms with E-state index in [-0.39, 0.29) is 11.4 Å². The van der Waals surface area contributed by atoms with E-state index in [1.807, 2.05) is 13.8 Å². The van der Waals surface area contributed by atoms with E-state index < -0.39 is 0 Å². The summed E-state index contributed by atoms with van der Waals surface area (Å²) in [7, 11) is 0. The minimum absolute atomic E-state index is 0. The Kier molecular flexibility index (Phi) is 6.89. The molecule has 0 bridgehead atoms.